The maximum absolute atomic E-state index is 3.28. The van der Waals surface area contributed by atoms with Gasteiger partial charge in [-0.05, 0) is 34.4 Å². The Morgan fingerprint density at radius 3 is 2.88 bits per heavy atom. The molecule has 80 valence electrons. The topological polar surface area (TPSA) is 12.0 Å². The quantitative estimate of drug-likeness (QED) is 0.734. The number of hydrogen-bond acceptors (Lipinski definition) is 1. The van der Waals surface area contributed by atoms with E-state index >= 15 is 0 Å². The van der Waals surface area contributed by atoms with Gasteiger partial charge in [-0.2, -0.15) is 0 Å². The zero-order chi connectivity index (χ0) is 11.1. The van der Waals surface area contributed by atoms with E-state index in [2.05, 4.69) is 63.9 Å². The van der Waals surface area contributed by atoms with Crippen LogP contribution in [0.15, 0.2) is 36.4 Å². The van der Waals surface area contributed by atoms with Crippen molar-refractivity contribution in [1.29, 1.82) is 0 Å². The standard InChI is InChI=1S/C14H14NP/c1-9-5-6-10-3-2-4-11-7-8-12(15-16)13(9)14(10)11/h2-8,12,15H,16H2,1H3. The fourth-order valence-electron chi connectivity index (χ4n) is 2.52. The minimum absolute atomic E-state index is 0.309. The average molecular weight is 227 g/mol. The number of hydrogen-bond donors (Lipinski definition) is 1. The van der Waals surface area contributed by atoms with Gasteiger partial charge in [0.15, 0.2) is 0 Å². The molecule has 0 bridgehead atoms. The van der Waals surface area contributed by atoms with Gasteiger partial charge in [0.05, 0.1) is 6.04 Å². The summed E-state index contributed by atoms with van der Waals surface area (Å²) >= 11 is 0. The van der Waals surface area contributed by atoms with E-state index in [0.717, 1.165) is 0 Å². The van der Waals surface area contributed by atoms with Gasteiger partial charge in [0.1, 0.15) is 0 Å². The Morgan fingerprint density at radius 2 is 2.06 bits per heavy atom. The van der Waals surface area contributed by atoms with Crippen LogP contribution in [0.4, 0.5) is 0 Å². The molecule has 1 nitrogen and oxygen atoms in total. The number of benzene rings is 2. The van der Waals surface area contributed by atoms with Gasteiger partial charge in [0, 0.05) is 0 Å². The molecule has 0 aromatic heterocycles. The Morgan fingerprint density at radius 1 is 1.19 bits per heavy atom. The molecule has 2 heteroatoms. The molecule has 0 radical (unpaired) electrons. The Hall–Kier alpha value is -1.17. The number of aryl methyl sites for hydroxylation is 1. The summed E-state index contributed by atoms with van der Waals surface area (Å²) in [6.07, 6.45) is 4.42. The normalized spacial score (nSPS) is 18.0. The van der Waals surface area contributed by atoms with Gasteiger partial charge in [-0.3, -0.25) is 5.09 Å². The first-order valence-electron chi connectivity index (χ1n) is 5.48. The zero-order valence-corrected chi connectivity index (χ0v) is 10.4. The van der Waals surface area contributed by atoms with E-state index in [1.54, 1.807) is 0 Å². The highest BCUT2D eigenvalue weighted by molar-refractivity contribution is 7.13. The largest absolute Gasteiger partial charge is 0.290 e. The highest BCUT2D eigenvalue weighted by atomic mass is 31.0. The fraction of sp³-hybridized carbons (Fsp3) is 0.143. The van der Waals surface area contributed by atoms with Gasteiger partial charge >= 0.3 is 0 Å². The van der Waals surface area contributed by atoms with Crippen molar-refractivity contribution >= 4 is 26.2 Å². The van der Waals surface area contributed by atoms with Crippen LogP contribution in [0.2, 0.25) is 0 Å². The first kappa shape index (κ1) is 10.0. The first-order chi connectivity index (χ1) is 7.81. The molecular weight excluding hydrogens is 213 g/mol. The molecule has 2 unspecified atom stereocenters. The van der Waals surface area contributed by atoms with E-state index in [9.17, 15) is 0 Å². The van der Waals surface area contributed by atoms with Gasteiger partial charge in [0.2, 0.25) is 0 Å². The molecule has 1 N–H and O–H groups in total. The molecule has 0 fully saturated rings. The predicted octanol–water partition coefficient (Wildman–Crippen LogP) is 3.60. The fourth-order valence-corrected chi connectivity index (χ4v) is 2.79. The van der Waals surface area contributed by atoms with E-state index in [1.807, 2.05) is 0 Å². The first-order valence-corrected chi connectivity index (χ1v) is 6.05. The minimum atomic E-state index is 0.309. The molecule has 2 aromatic rings. The summed E-state index contributed by atoms with van der Waals surface area (Å²) in [7, 11) is 2.61. The summed E-state index contributed by atoms with van der Waals surface area (Å²) in [5.41, 5.74) is 4.09. The third kappa shape index (κ3) is 1.32. The SMILES string of the molecule is Cc1ccc2cccc3c2c1C(NP)C=C3. The lowest BCUT2D eigenvalue weighted by molar-refractivity contribution is 0.837. The molecule has 0 saturated heterocycles. The third-order valence-electron chi connectivity index (χ3n) is 3.29. The minimum Gasteiger partial charge on any atom is -0.290 e. The summed E-state index contributed by atoms with van der Waals surface area (Å²) in [5.74, 6) is 0. The van der Waals surface area contributed by atoms with Crippen LogP contribution in [-0.4, -0.2) is 0 Å². The van der Waals surface area contributed by atoms with Gasteiger partial charge < -0.3 is 0 Å². The van der Waals surface area contributed by atoms with Crippen LogP contribution >= 0.6 is 9.39 Å². The van der Waals surface area contributed by atoms with Crippen LogP contribution in [0, 0.1) is 6.92 Å². The van der Waals surface area contributed by atoms with Crippen molar-refractivity contribution in [2.45, 2.75) is 13.0 Å². The van der Waals surface area contributed by atoms with Crippen molar-refractivity contribution in [3.8, 4) is 0 Å². The van der Waals surface area contributed by atoms with Gasteiger partial charge in [0.25, 0.3) is 0 Å². The molecule has 1 aliphatic carbocycles. The lowest BCUT2D eigenvalue weighted by Crippen LogP contribution is -2.12. The monoisotopic (exact) mass is 227 g/mol. The van der Waals surface area contributed by atoms with E-state index < -0.39 is 0 Å². The highest BCUT2D eigenvalue weighted by Crippen LogP contribution is 2.35. The molecule has 16 heavy (non-hydrogen) atoms. The molecule has 2 aromatic carbocycles. The van der Waals surface area contributed by atoms with Crippen molar-refractivity contribution in [3.05, 3.63) is 53.1 Å². The van der Waals surface area contributed by atoms with Crippen molar-refractivity contribution in [2.24, 2.45) is 0 Å². The van der Waals surface area contributed by atoms with E-state index in [4.69, 9.17) is 0 Å². The average Bonchev–Trinajstić information content (AvgIpc) is 2.33. The van der Waals surface area contributed by atoms with Crippen molar-refractivity contribution in [1.82, 2.24) is 5.09 Å². The summed E-state index contributed by atoms with van der Waals surface area (Å²) in [4.78, 5) is 0. The Labute approximate surface area is 97.8 Å². The molecule has 0 spiro atoms. The second kappa shape index (κ2) is 3.69. The third-order valence-corrected chi connectivity index (χ3v) is 3.65. The second-order valence-corrected chi connectivity index (χ2v) is 4.58. The highest BCUT2D eigenvalue weighted by Gasteiger charge is 2.17. The number of nitrogens with one attached hydrogen (secondary N) is 1. The van der Waals surface area contributed by atoms with E-state index in [1.165, 1.54) is 27.5 Å². The van der Waals surface area contributed by atoms with Crippen LogP contribution in [0.3, 0.4) is 0 Å². The number of rotatable bonds is 1. The van der Waals surface area contributed by atoms with Crippen LogP contribution in [0.1, 0.15) is 22.7 Å². The summed E-state index contributed by atoms with van der Waals surface area (Å²) in [6, 6.07) is 11.2. The molecule has 2 atom stereocenters. The van der Waals surface area contributed by atoms with Gasteiger partial charge in [-0.25, -0.2) is 0 Å². The van der Waals surface area contributed by atoms with Crippen molar-refractivity contribution < 1.29 is 0 Å². The maximum Gasteiger partial charge on any atom is 0.0547 e. The van der Waals surface area contributed by atoms with Crippen LogP contribution in [-0.2, 0) is 0 Å². The van der Waals surface area contributed by atoms with Gasteiger partial charge in [-0.1, -0.05) is 51.9 Å². The molecule has 1 aliphatic rings. The van der Waals surface area contributed by atoms with E-state index in [0.29, 0.717) is 6.04 Å². The van der Waals surface area contributed by atoms with Crippen LogP contribution in [0.25, 0.3) is 16.8 Å². The smallest absolute Gasteiger partial charge is 0.0547 e. The van der Waals surface area contributed by atoms with Crippen LogP contribution < -0.4 is 5.09 Å². The maximum atomic E-state index is 3.28. The Kier molecular flexibility index (Phi) is 2.31. The Bertz CT molecular complexity index is 587. The van der Waals surface area contributed by atoms with E-state index in [-0.39, 0.29) is 0 Å². The molecule has 3 rings (SSSR count). The molecule has 0 aliphatic heterocycles. The summed E-state index contributed by atoms with van der Waals surface area (Å²) in [6.45, 7) is 2.18. The van der Waals surface area contributed by atoms with Crippen molar-refractivity contribution in [3.63, 3.8) is 0 Å². The molecule has 0 heterocycles. The molecular formula is C14H14NP. The van der Waals surface area contributed by atoms with Gasteiger partial charge in [-0.15, -0.1) is 0 Å². The summed E-state index contributed by atoms with van der Waals surface area (Å²) in [5, 5.41) is 6.00. The lowest BCUT2D eigenvalue weighted by atomic mass is 9.87. The van der Waals surface area contributed by atoms with Crippen LogP contribution in [0.5, 0.6) is 0 Å². The predicted molar refractivity (Wildman–Crippen MR) is 73.3 cm³/mol. The summed E-state index contributed by atoms with van der Waals surface area (Å²) < 4.78 is 0. The van der Waals surface area contributed by atoms with Crippen molar-refractivity contribution in [2.75, 3.05) is 0 Å². The Balaban J connectivity index is 2.45. The molecule has 0 amide bonds. The molecule has 0 saturated carbocycles. The zero-order valence-electron chi connectivity index (χ0n) is 9.20. The lowest BCUT2D eigenvalue weighted by Gasteiger charge is -2.22. The second-order valence-electron chi connectivity index (χ2n) is 4.24.